The van der Waals surface area contributed by atoms with Crippen LogP contribution in [0.4, 0.5) is 0 Å². The molecule has 6 rings (SSSR count). The molecule has 51 heavy (non-hydrogen) atoms. The molecular weight excluding hydrogens is 811 g/mol. The molecule has 0 saturated heterocycles. The molecule has 3 heterocycles. The fraction of sp³-hybridized carbons (Fsp3) is 0.378. The van der Waals surface area contributed by atoms with Crippen LogP contribution in [0.1, 0.15) is 99.3 Å². The number of furan rings is 2. The summed E-state index contributed by atoms with van der Waals surface area (Å²) in [4.78, 5) is 16.9. The number of hydrogen-bond acceptors (Lipinski definition) is 5. The van der Waals surface area contributed by atoms with Gasteiger partial charge in [-0.05, 0) is 62.3 Å². The minimum absolute atomic E-state index is 0. The first-order valence-electron chi connectivity index (χ1n) is 18.0. The van der Waals surface area contributed by atoms with Crippen molar-refractivity contribution in [2.75, 3.05) is 0 Å². The van der Waals surface area contributed by atoms with Crippen molar-refractivity contribution >= 4 is 38.5 Å². The molecular formula is C45H52IrNO4-. The average Bonchev–Trinajstić information content (AvgIpc) is 3.72. The fourth-order valence-corrected chi connectivity index (χ4v) is 6.28. The Morgan fingerprint density at radius 3 is 2.14 bits per heavy atom. The Kier molecular flexibility index (Phi) is 12.3. The number of rotatable bonds is 9. The molecule has 6 aromatic rings. The van der Waals surface area contributed by atoms with Crippen LogP contribution in [0.2, 0.25) is 0 Å². The Labute approximate surface area is 316 Å². The van der Waals surface area contributed by atoms with Crippen LogP contribution >= 0.6 is 0 Å². The maximum absolute atomic E-state index is 12.2. The van der Waals surface area contributed by atoms with Gasteiger partial charge < -0.3 is 13.9 Å². The first kappa shape index (κ1) is 39.8. The SMILES string of the molecule is CCC(C)(CC)C(=O)/C=C(\O)C(C)(CC)CC.Cc1cc2ccc(-c3cc4ccnc(-c5[c-]c6ccccc6c(C(C)(C)C)c5)c4o3)cc2o1.[Ir]. The number of aliphatic hydroxyl groups excluding tert-OH is 1. The minimum atomic E-state index is -0.337. The number of nitrogens with zero attached hydrogens (tertiary/aromatic N) is 1. The summed E-state index contributed by atoms with van der Waals surface area (Å²) < 4.78 is 12.2. The number of carbonyl (C=O) groups is 1. The molecule has 0 bridgehead atoms. The summed E-state index contributed by atoms with van der Waals surface area (Å²) in [5.74, 6) is 1.99. The van der Waals surface area contributed by atoms with Gasteiger partial charge in [0.25, 0.3) is 0 Å². The third-order valence-corrected chi connectivity index (χ3v) is 10.8. The van der Waals surface area contributed by atoms with Crippen molar-refractivity contribution in [1.82, 2.24) is 4.98 Å². The van der Waals surface area contributed by atoms with Crippen molar-refractivity contribution in [2.24, 2.45) is 10.8 Å². The normalized spacial score (nSPS) is 12.5. The molecule has 1 N–H and O–H groups in total. The number of aromatic nitrogens is 1. The van der Waals surface area contributed by atoms with Gasteiger partial charge in [0.2, 0.25) is 0 Å². The molecule has 0 fully saturated rings. The van der Waals surface area contributed by atoms with E-state index >= 15 is 0 Å². The number of fused-ring (bicyclic) bond motifs is 3. The maximum atomic E-state index is 12.2. The number of aryl methyl sites for hydroxylation is 1. The third kappa shape index (κ3) is 8.24. The predicted octanol–water partition coefficient (Wildman–Crippen LogP) is 13.1. The van der Waals surface area contributed by atoms with E-state index in [-0.39, 0.29) is 47.9 Å². The number of carbonyl (C=O) groups excluding carboxylic acids is 1. The van der Waals surface area contributed by atoms with E-state index < -0.39 is 0 Å². The largest absolute Gasteiger partial charge is 0.512 e. The third-order valence-electron chi connectivity index (χ3n) is 10.8. The average molecular weight is 863 g/mol. The van der Waals surface area contributed by atoms with Crippen molar-refractivity contribution in [3.05, 3.63) is 102 Å². The molecule has 1 radical (unpaired) electrons. The second-order valence-electron chi connectivity index (χ2n) is 15.1. The molecule has 0 saturated carbocycles. The Hall–Kier alpha value is -3.99. The van der Waals surface area contributed by atoms with E-state index in [1.54, 1.807) is 0 Å². The Bertz CT molecular complexity index is 2170. The van der Waals surface area contributed by atoms with Crippen LogP contribution in [0.5, 0.6) is 0 Å². The van der Waals surface area contributed by atoms with Crippen molar-refractivity contribution in [1.29, 1.82) is 0 Å². The Balaban J connectivity index is 0.000000279. The van der Waals surface area contributed by atoms with Crippen molar-refractivity contribution in [3.63, 3.8) is 0 Å². The quantitative estimate of drug-likeness (QED) is 0.0890. The van der Waals surface area contributed by atoms with E-state index in [1.165, 1.54) is 17.0 Å². The van der Waals surface area contributed by atoms with Gasteiger partial charge in [-0.2, -0.15) is 0 Å². The van der Waals surface area contributed by atoms with E-state index in [4.69, 9.17) is 13.8 Å². The zero-order chi connectivity index (χ0) is 36.4. The smallest absolute Gasteiger partial charge is 0.164 e. The molecule has 0 spiro atoms. The molecule has 271 valence electrons. The van der Waals surface area contributed by atoms with Crippen LogP contribution in [0.25, 0.3) is 55.3 Å². The summed E-state index contributed by atoms with van der Waals surface area (Å²) in [7, 11) is 0. The van der Waals surface area contributed by atoms with Gasteiger partial charge in [0.15, 0.2) is 5.78 Å². The molecule has 0 unspecified atom stereocenters. The number of ketones is 1. The fourth-order valence-electron chi connectivity index (χ4n) is 6.28. The molecule has 3 aromatic carbocycles. The van der Waals surface area contributed by atoms with E-state index in [9.17, 15) is 9.90 Å². The van der Waals surface area contributed by atoms with E-state index in [1.807, 2.05) is 72.9 Å². The Morgan fingerprint density at radius 2 is 1.49 bits per heavy atom. The monoisotopic (exact) mass is 863 g/mol. The van der Waals surface area contributed by atoms with Gasteiger partial charge in [-0.1, -0.05) is 104 Å². The van der Waals surface area contributed by atoms with Crippen LogP contribution in [0.3, 0.4) is 0 Å². The zero-order valence-electron chi connectivity index (χ0n) is 31.8. The summed E-state index contributed by atoms with van der Waals surface area (Å²) in [5.41, 5.74) is 5.03. The molecule has 0 aliphatic rings. The van der Waals surface area contributed by atoms with Crippen LogP contribution in [0, 0.1) is 23.8 Å². The predicted molar refractivity (Wildman–Crippen MR) is 208 cm³/mol. The number of benzene rings is 3. The second-order valence-corrected chi connectivity index (χ2v) is 15.1. The molecule has 5 nitrogen and oxygen atoms in total. The van der Waals surface area contributed by atoms with E-state index in [0.29, 0.717) is 0 Å². The minimum Gasteiger partial charge on any atom is -0.512 e. The standard InChI is InChI=1S/C30H24NO2.C15H28O2.Ir/c1-18-13-20-9-10-21(16-26(20)32-18)27-17-22-11-12-31-28(29(22)33-27)23-14-19-7-5-6-8-24(19)25(15-23)30(2,3)4;1-7-14(5,8-2)12(16)11-13(17)15(6,9-3)10-4;/h5-13,15-17H,1-4H3;11,16H,7-10H2,1-6H3;/q-1;;/b;12-11-;. The summed E-state index contributed by atoms with van der Waals surface area (Å²) in [6, 6.07) is 26.5. The molecule has 0 atom stereocenters. The maximum Gasteiger partial charge on any atom is 0.164 e. The van der Waals surface area contributed by atoms with Crippen LogP contribution in [-0.4, -0.2) is 15.9 Å². The first-order chi connectivity index (χ1) is 23.7. The summed E-state index contributed by atoms with van der Waals surface area (Å²) in [5, 5.41) is 14.6. The van der Waals surface area contributed by atoms with Gasteiger partial charge in [0.1, 0.15) is 28.4 Å². The molecule has 0 aliphatic carbocycles. The van der Waals surface area contributed by atoms with Crippen molar-refractivity contribution in [2.45, 2.75) is 100 Å². The van der Waals surface area contributed by atoms with Crippen LogP contribution < -0.4 is 0 Å². The molecule has 0 aliphatic heterocycles. The summed E-state index contributed by atoms with van der Waals surface area (Å²) in [6.45, 7) is 20.8. The van der Waals surface area contributed by atoms with Gasteiger partial charge in [0.05, 0.1) is 0 Å². The Morgan fingerprint density at radius 1 is 0.824 bits per heavy atom. The zero-order valence-corrected chi connectivity index (χ0v) is 34.2. The summed E-state index contributed by atoms with van der Waals surface area (Å²) in [6.07, 6.45) is 6.60. The number of hydrogen-bond donors (Lipinski definition) is 1. The van der Waals surface area contributed by atoms with Gasteiger partial charge in [-0.15, -0.1) is 29.1 Å². The van der Waals surface area contributed by atoms with Crippen molar-refractivity contribution in [3.8, 4) is 22.6 Å². The van der Waals surface area contributed by atoms with Crippen LogP contribution in [0.15, 0.2) is 93.6 Å². The van der Waals surface area contributed by atoms with E-state index in [2.05, 4.69) is 75.4 Å². The topological polar surface area (TPSA) is 76.5 Å². The van der Waals surface area contributed by atoms with Crippen molar-refractivity contribution < 1.29 is 38.8 Å². The van der Waals surface area contributed by atoms with Gasteiger partial charge in [-0.25, -0.2) is 0 Å². The van der Waals surface area contributed by atoms with Gasteiger partial charge in [0, 0.05) is 65.2 Å². The van der Waals surface area contributed by atoms with E-state index in [0.717, 1.165) is 81.3 Å². The van der Waals surface area contributed by atoms with Crippen LogP contribution in [-0.2, 0) is 30.3 Å². The summed E-state index contributed by atoms with van der Waals surface area (Å²) >= 11 is 0. The van der Waals surface area contributed by atoms with Gasteiger partial charge >= 0.3 is 0 Å². The first-order valence-corrected chi connectivity index (χ1v) is 18.0. The molecule has 3 aromatic heterocycles. The number of pyridine rings is 1. The number of aliphatic hydroxyl groups is 1. The second kappa shape index (κ2) is 15.7. The van der Waals surface area contributed by atoms with Gasteiger partial charge in [-0.3, -0.25) is 9.78 Å². The number of allylic oxidation sites excluding steroid dienone is 2. The molecule has 0 amide bonds. The molecule has 6 heteroatoms.